The van der Waals surface area contributed by atoms with Gasteiger partial charge in [0, 0.05) is 13.7 Å². The lowest BCUT2D eigenvalue weighted by atomic mass is 10.0. The zero-order valence-corrected chi connectivity index (χ0v) is 11.0. The van der Waals surface area contributed by atoms with E-state index in [0.29, 0.717) is 5.56 Å². The number of ether oxygens (including phenoxy) is 1. The molecule has 0 radical (unpaired) electrons. The van der Waals surface area contributed by atoms with E-state index in [0.717, 1.165) is 24.3 Å². The van der Waals surface area contributed by atoms with Crippen molar-refractivity contribution in [3.8, 4) is 0 Å². The smallest absolute Gasteiger partial charge is 0.337 e. The monoisotopic (exact) mass is 249 g/mol. The van der Waals surface area contributed by atoms with Gasteiger partial charge < -0.3 is 14.7 Å². The van der Waals surface area contributed by atoms with Crippen molar-refractivity contribution >= 4 is 11.7 Å². The van der Waals surface area contributed by atoms with Crippen molar-refractivity contribution in [2.24, 2.45) is 0 Å². The normalized spacial score (nSPS) is 23.1. The minimum Gasteiger partial charge on any atom is -0.478 e. The van der Waals surface area contributed by atoms with Crippen LogP contribution in [0.4, 0.5) is 5.69 Å². The molecule has 2 atom stereocenters. The van der Waals surface area contributed by atoms with Gasteiger partial charge in [0.1, 0.15) is 0 Å². The van der Waals surface area contributed by atoms with Gasteiger partial charge in [0.15, 0.2) is 0 Å². The number of hydrogen-bond donors (Lipinski definition) is 1. The van der Waals surface area contributed by atoms with Crippen molar-refractivity contribution in [2.75, 3.05) is 18.6 Å². The minimum atomic E-state index is -0.882. The molecule has 1 heterocycles. The van der Waals surface area contributed by atoms with Gasteiger partial charge in [-0.1, -0.05) is 11.6 Å². The number of carboxylic acid groups (broad SMARTS) is 1. The van der Waals surface area contributed by atoms with Crippen LogP contribution in [0.5, 0.6) is 0 Å². The third-order valence-corrected chi connectivity index (χ3v) is 3.60. The molecule has 1 aromatic carbocycles. The summed E-state index contributed by atoms with van der Waals surface area (Å²) >= 11 is 0. The molecule has 18 heavy (non-hydrogen) atoms. The number of benzene rings is 1. The Morgan fingerprint density at radius 3 is 2.78 bits per heavy atom. The zero-order chi connectivity index (χ0) is 13.3. The van der Waals surface area contributed by atoms with Gasteiger partial charge in [0.2, 0.25) is 0 Å². The van der Waals surface area contributed by atoms with E-state index in [1.54, 1.807) is 6.07 Å². The van der Waals surface area contributed by atoms with Crippen molar-refractivity contribution in [3.63, 3.8) is 0 Å². The Bertz CT molecular complexity index is 458. The highest BCUT2D eigenvalue weighted by atomic mass is 16.5. The highest BCUT2D eigenvalue weighted by Crippen LogP contribution is 2.27. The van der Waals surface area contributed by atoms with E-state index in [2.05, 4.69) is 0 Å². The Labute approximate surface area is 107 Å². The summed E-state index contributed by atoms with van der Waals surface area (Å²) in [7, 11) is 1.94. The molecule has 98 valence electrons. The largest absolute Gasteiger partial charge is 0.478 e. The Morgan fingerprint density at radius 2 is 2.22 bits per heavy atom. The van der Waals surface area contributed by atoms with Gasteiger partial charge >= 0.3 is 5.97 Å². The average Bonchev–Trinajstić information content (AvgIpc) is 2.74. The van der Waals surface area contributed by atoms with Gasteiger partial charge in [-0.25, -0.2) is 4.79 Å². The molecule has 1 aliphatic rings. The number of rotatable bonds is 3. The molecule has 0 aromatic heterocycles. The highest BCUT2D eigenvalue weighted by Gasteiger charge is 2.29. The lowest BCUT2D eigenvalue weighted by Crippen LogP contribution is -2.37. The average molecular weight is 249 g/mol. The maximum atomic E-state index is 11.3. The highest BCUT2D eigenvalue weighted by molar-refractivity contribution is 5.94. The maximum absolute atomic E-state index is 11.3. The van der Waals surface area contributed by atoms with Crippen molar-refractivity contribution in [2.45, 2.75) is 32.4 Å². The number of aryl methyl sites for hydroxylation is 1. The summed E-state index contributed by atoms with van der Waals surface area (Å²) in [4.78, 5) is 13.3. The minimum absolute atomic E-state index is 0.137. The molecule has 0 aliphatic carbocycles. The number of nitrogens with zero attached hydrogens (tertiary/aromatic N) is 1. The molecule has 2 rings (SSSR count). The van der Waals surface area contributed by atoms with Crippen molar-refractivity contribution in [1.82, 2.24) is 0 Å². The molecule has 0 spiro atoms. The summed E-state index contributed by atoms with van der Waals surface area (Å²) in [6, 6.07) is 5.78. The maximum Gasteiger partial charge on any atom is 0.337 e. The van der Waals surface area contributed by atoms with Gasteiger partial charge in [-0.05, 0) is 32.4 Å². The van der Waals surface area contributed by atoms with Crippen molar-refractivity contribution in [1.29, 1.82) is 0 Å². The number of carboxylic acids is 1. The second-order valence-electron chi connectivity index (χ2n) is 4.87. The Hall–Kier alpha value is -1.55. The van der Waals surface area contributed by atoms with Crippen LogP contribution in [0.3, 0.4) is 0 Å². The van der Waals surface area contributed by atoms with Gasteiger partial charge in [-0.2, -0.15) is 0 Å². The molecule has 4 nitrogen and oxygen atoms in total. The molecule has 0 amide bonds. The fourth-order valence-electron chi connectivity index (χ4n) is 2.54. The molecule has 0 bridgehead atoms. The molecule has 0 saturated carbocycles. The first kappa shape index (κ1) is 12.9. The predicted octanol–water partition coefficient (Wildman–Crippen LogP) is 2.31. The summed E-state index contributed by atoms with van der Waals surface area (Å²) in [5.41, 5.74) is 2.08. The first-order valence-corrected chi connectivity index (χ1v) is 6.19. The molecule has 1 aromatic rings. The van der Waals surface area contributed by atoms with Crippen molar-refractivity contribution in [3.05, 3.63) is 29.3 Å². The van der Waals surface area contributed by atoms with Crippen molar-refractivity contribution < 1.29 is 14.6 Å². The molecular formula is C14H19NO3. The van der Waals surface area contributed by atoms with E-state index in [4.69, 9.17) is 4.74 Å². The van der Waals surface area contributed by atoms with Crippen LogP contribution in [-0.4, -0.2) is 36.9 Å². The van der Waals surface area contributed by atoms with Crippen LogP contribution in [0.25, 0.3) is 0 Å². The lowest BCUT2D eigenvalue weighted by Gasteiger charge is -2.30. The van der Waals surface area contributed by atoms with Crippen LogP contribution < -0.4 is 4.90 Å². The van der Waals surface area contributed by atoms with E-state index < -0.39 is 5.97 Å². The van der Waals surface area contributed by atoms with Gasteiger partial charge in [-0.3, -0.25) is 0 Å². The van der Waals surface area contributed by atoms with Gasteiger partial charge in [-0.15, -0.1) is 0 Å². The molecule has 1 saturated heterocycles. The quantitative estimate of drug-likeness (QED) is 0.893. The van der Waals surface area contributed by atoms with Crippen LogP contribution in [0, 0.1) is 6.92 Å². The Balaban J connectivity index is 2.35. The van der Waals surface area contributed by atoms with E-state index in [1.807, 2.05) is 37.9 Å². The zero-order valence-electron chi connectivity index (χ0n) is 11.0. The van der Waals surface area contributed by atoms with Crippen LogP contribution in [0.1, 0.15) is 29.3 Å². The number of carbonyl (C=O) groups is 1. The number of hydrogen-bond acceptors (Lipinski definition) is 3. The SMILES string of the molecule is Cc1ccc(N(C)C2CCOC2C)c(C(=O)O)c1. The lowest BCUT2D eigenvalue weighted by molar-refractivity contribution is 0.0697. The summed E-state index contributed by atoms with van der Waals surface area (Å²) < 4.78 is 5.54. The number of anilines is 1. The third-order valence-electron chi connectivity index (χ3n) is 3.60. The standard InChI is InChI=1S/C14H19NO3/c1-9-4-5-13(11(8-9)14(16)17)15(3)12-6-7-18-10(12)2/h4-5,8,10,12H,6-7H2,1-3H3,(H,16,17). The summed E-state index contributed by atoms with van der Waals surface area (Å²) in [5, 5.41) is 9.29. The third kappa shape index (κ3) is 2.34. The summed E-state index contributed by atoms with van der Waals surface area (Å²) in [6.45, 7) is 4.67. The second kappa shape index (κ2) is 4.98. The first-order valence-electron chi connectivity index (χ1n) is 6.19. The van der Waals surface area contributed by atoms with E-state index in [-0.39, 0.29) is 12.1 Å². The predicted molar refractivity (Wildman–Crippen MR) is 70.4 cm³/mol. The van der Waals surface area contributed by atoms with Crippen LogP contribution in [0.15, 0.2) is 18.2 Å². The molecule has 2 unspecified atom stereocenters. The summed E-state index contributed by atoms with van der Waals surface area (Å²) in [5.74, 6) is -0.882. The van der Waals surface area contributed by atoms with Gasteiger partial charge in [0.25, 0.3) is 0 Å². The van der Waals surface area contributed by atoms with E-state index >= 15 is 0 Å². The molecule has 4 heteroatoms. The fourth-order valence-corrected chi connectivity index (χ4v) is 2.54. The number of likely N-dealkylation sites (N-methyl/N-ethyl adjacent to an activating group) is 1. The topological polar surface area (TPSA) is 49.8 Å². The van der Waals surface area contributed by atoms with Crippen LogP contribution in [-0.2, 0) is 4.74 Å². The van der Waals surface area contributed by atoms with Gasteiger partial charge in [0.05, 0.1) is 23.4 Å². The Morgan fingerprint density at radius 1 is 1.50 bits per heavy atom. The first-order chi connectivity index (χ1) is 8.50. The number of aromatic carboxylic acids is 1. The fraction of sp³-hybridized carbons (Fsp3) is 0.500. The molecule has 1 N–H and O–H groups in total. The van der Waals surface area contributed by atoms with Crippen LogP contribution >= 0.6 is 0 Å². The van der Waals surface area contributed by atoms with E-state index in [1.165, 1.54) is 0 Å². The second-order valence-corrected chi connectivity index (χ2v) is 4.87. The van der Waals surface area contributed by atoms with Crippen LogP contribution in [0.2, 0.25) is 0 Å². The molecular weight excluding hydrogens is 230 g/mol. The molecule has 1 fully saturated rings. The summed E-state index contributed by atoms with van der Waals surface area (Å²) in [6.07, 6.45) is 1.07. The van der Waals surface area contributed by atoms with E-state index in [9.17, 15) is 9.90 Å². The molecule has 1 aliphatic heterocycles. The Kier molecular flexibility index (Phi) is 3.57.